The Bertz CT molecular complexity index is 413. The summed E-state index contributed by atoms with van der Waals surface area (Å²) in [5, 5.41) is 2.24. The third kappa shape index (κ3) is 4.50. The van der Waals surface area contributed by atoms with Gasteiger partial charge in [-0.3, -0.25) is 0 Å². The van der Waals surface area contributed by atoms with Gasteiger partial charge in [-0.25, -0.2) is 8.78 Å². The first kappa shape index (κ1) is 15.4. The summed E-state index contributed by atoms with van der Waals surface area (Å²) in [7, 11) is 0. The fraction of sp³-hybridized carbons (Fsp3) is 0.500. The van der Waals surface area contributed by atoms with Crippen LogP contribution in [0.5, 0.6) is 5.75 Å². The number of rotatable bonds is 7. The summed E-state index contributed by atoms with van der Waals surface area (Å²) >= 11 is 0. The topological polar surface area (TPSA) is 47.3 Å². The fourth-order valence-corrected chi connectivity index (χ4v) is 1.28. The molecule has 1 rings (SSSR count). The predicted molar refractivity (Wildman–Crippen MR) is 66.1 cm³/mol. The second-order valence-corrected chi connectivity index (χ2v) is 4.02. The van der Waals surface area contributed by atoms with Crippen molar-refractivity contribution in [2.75, 3.05) is 24.2 Å². The SMILES string of the molecule is CCCOc1cc(NCC(F)(F)C(F)F)ccc1N. The molecular formula is C12H16F4N2O. The van der Waals surface area contributed by atoms with E-state index in [1.807, 2.05) is 6.92 Å². The van der Waals surface area contributed by atoms with Crippen LogP contribution in [0.4, 0.5) is 28.9 Å². The van der Waals surface area contributed by atoms with E-state index >= 15 is 0 Å². The zero-order valence-electron chi connectivity index (χ0n) is 10.4. The molecule has 1 aromatic carbocycles. The summed E-state index contributed by atoms with van der Waals surface area (Å²) in [6.45, 7) is 1.18. The van der Waals surface area contributed by atoms with Crippen molar-refractivity contribution in [3.8, 4) is 5.75 Å². The minimum Gasteiger partial charge on any atom is -0.491 e. The van der Waals surface area contributed by atoms with Gasteiger partial charge < -0.3 is 15.8 Å². The zero-order valence-corrected chi connectivity index (χ0v) is 10.4. The molecule has 0 fully saturated rings. The van der Waals surface area contributed by atoms with E-state index in [0.29, 0.717) is 18.0 Å². The fourth-order valence-electron chi connectivity index (χ4n) is 1.28. The van der Waals surface area contributed by atoms with Gasteiger partial charge >= 0.3 is 12.3 Å². The van der Waals surface area contributed by atoms with Gasteiger partial charge in [0.2, 0.25) is 0 Å². The summed E-state index contributed by atoms with van der Waals surface area (Å²) in [5.74, 6) is -3.74. The number of ether oxygens (including phenoxy) is 1. The van der Waals surface area contributed by atoms with Crippen LogP contribution in [0.2, 0.25) is 0 Å². The molecule has 0 aliphatic rings. The largest absolute Gasteiger partial charge is 0.491 e. The van der Waals surface area contributed by atoms with Gasteiger partial charge in [0.25, 0.3) is 0 Å². The number of hydrogen-bond acceptors (Lipinski definition) is 3. The number of nitrogen functional groups attached to an aromatic ring is 1. The molecule has 1 aromatic rings. The van der Waals surface area contributed by atoms with Crippen molar-refractivity contribution in [2.45, 2.75) is 25.7 Å². The standard InChI is InChI=1S/C12H16F4N2O/c1-2-5-19-10-6-8(3-4-9(10)17)18-7-12(15,16)11(13)14/h3-4,6,11,18H,2,5,7,17H2,1H3. The first-order valence-corrected chi connectivity index (χ1v) is 5.79. The maximum atomic E-state index is 12.7. The second-order valence-electron chi connectivity index (χ2n) is 4.02. The third-order valence-corrected chi connectivity index (χ3v) is 2.32. The van der Waals surface area contributed by atoms with E-state index in [9.17, 15) is 17.6 Å². The van der Waals surface area contributed by atoms with Crippen molar-refractivity contribution in [3.63, 3.8) is 0 Å². The first-order valence-electron chi connectivity index (χ1n) is 5.79. The molecule has 19 heavy (non-hydrogen) atoms. The van der Waals surface area contributed by atoms with Crippen molar-refractivity contribution < 1.29 is 22.3 Å². The maximum absolute atomic E-state index is 12.7. The van der Waals surface area contributed by atoms with E-state index in [0.717, 1.165) is 6.42 Å². The molecule has 0 bridgehead atoms. The Morgan fingerprint density at radius 1 is 1.37 bits per heavy atom. The lowest BCUT2D eigenvalue weighted by Gasteiger charge is -2.17. The molecule has 0 atom stereocenters. The van der Waals surface area contributed by atoms with E-state index in [-0.39, 0.29) is 5.69 Å². The van der Waals surface area contributed by atoms with Crippen LogP contribution in [0.15, 0.2) is 18.2 Å². The smallest absolute Gasteiger partial charge is 0.324 e. The highest BCUT2D eigenvalue weighted by Crippen LogP contribution is 2.28. The molecule has 0 aromatic heterocycles. The minimum absolute atomic E-state index is 0.251. The van der Waals surface area contributed by atoms with Crippen molar-refractivity contribution in [2.24, 2.45) is 0 Å². The van der Waals surface area contributed by atoms with Crippen molar-refractivity contribution >= 4 is 11.4 Å². The number of halogens is 4. The van der Waals surface area contributed by atoms with E-state index in [1.165, 1.54) is 18.2 Å². The molecule has 0 spiro atoms. The zero-order chi connectivity index (χ0) is 14.5. The summed E-state index contributed by atoms with van der Waals surface area (Å²) in [6, 6.07) is 4.30. The van der Waals surface area contributed by atoms with E-state index in [4.69, 9.17) is 10.5 Å². The maximum Gasteiger partial charge on any atom is 0.324 e. The molecule has 3 N–H and O–H groups in total. The molecular weight excluding hydrogens is 264 g/mol. The number of alkyl halides is 4. The van der Waals surface area contributed by atoms with Gasteiger partial charge in [0, 0.05) is 11.8 Å². The molecule has 0 heterocycles. The highest BCUT2D eigenvalue weighted by molar-refractivity contribution is 5.61. The Kier molecular flexibility index (Phi) is 5.26. The minimum atomic E-state index is -4.08. The summed E-state index contributed by atoms with van der Waals surface area (Å²) in [5.41, 5.74) is 6.25. The monoisotopic (exact) mass is 280 g/mol. The van der Waals surface area contributed by atoms with Crippen LogP contribution in [0.1, 0.15) is 13.3 Å². The normalized spacial score (nSPS) is 11.7. The molecule has 0 unspecified atom stereocenters. The quantitative estimate of drug-likeness (QED) is 0.594. The van der Waals surface area contributed by atoms with Gasteiger partial charge in [-0.1, -0.05) is 6.92 Å². The lowest BCUT2D eigenvalue weighted by Crippen LogP contribution is -2.34. The van der Waals surface area contributed by atoms with Gasteiger partial charge in [0.1, 0.15) is 5.75 Å². The molecule has 0 aliphatic carbocycles. The Labute approximate surface area is 108 Å². The molecule has 7 heteroatoms. The van der Waals surface area contributed by atoms with Gasteiger partial charge in [0.15, 0.2) is 0 Å². The van der Waals surface area contributed by atoms with Crippen molar-refractivity contribution in [1.29, 1.82) is 0 Å². The van der Waals surface area contributed by atoms with Crippen LogP contribution in [0.3, 0.4) is 0 Å². The highest BCUT2D eigenvalue weighted by Gasteiger charge is 2.40. The van der Waals surface area contributed by atoms with Gasteiger partial charge in [-0.2, -0.15) is 8.78 Å². The molecule has 0 saturated carbocycles. The molecule has 3 nitrogen and oxygen atoms in total. The summed E-state index contributed by atoms with van der Waals surface area (Å²) < 4.78 is 54.8. The molecule has 108 valence electrons. The van der Waals surface area contributed by atoms with E-state index in [2.05, 4.69) is 5.32 Å². The Morgan fingerprint density at radius 2 is 2.05 bits per heavy atom. The molecule has 0 aliphatic heterocycles. The van der Waals surface area contributed by atoms with E-state index in [1.54, 1.807) is 0 Å². The van der Waals surface area contributed by atoms with Gasteiger partial charge in [-0.05, 0) is 18.6 Å². The predicted octanol–water partition coefficient (Wildman–Crippen LogP) is 3.37. The Hall–Kier alpha value is -1.66. The van der Waals surface area contributed by atoms with E-state index < -0.39 is 18.9 Å². The first-order chi connectivity index (χ1) is 8.86. The Morgan fingerprint density at radius 3 is 2.63 bits per heavy atom. The average Bonchev–Trinajstić information content (AvgIpc) is 2.36. The van der Waals surface area contributed by atoms with Crippen LogP contribution in [0.25, 0.3) is 0 Å². The molecule has 0 radical (unpaired) electrons. The van der Waals surface area contributed by atoms with Crippen molar-refractivity contribution in [1.82, 2.24) is 0 Å². The summed E-state index contributed by atoms with van der Waals surface area (Å²) in [4.78, 5) is 0. The van der Waals surface area contributed by atoms with Crippen molar-refractivity contribution in [3.05, 3.63) is 18.2 Å². The number of anilines is 2. The third-order valence-electron chi connectivity index (χ3n) is 2.32. The molecule has 0 saturated heterocycles. The van der Waals surface area contributed by atoms with Crippen LogP contribution < -0.4 is 15.8 Å². The number of nitrogens with one attached hydrogen (secondary N) is 1. The Balaban J connectivity index is 2.69. The average molecular weight is 280 g/mol. The van der Waals surface area contributed by atoms with Crippen LogP contribution in [-0.2, 0) is 0 Å². The number of nitrogens with two attached hydrogens (primary N) is 1. The van der Waals surface area contributed by atoms with Crippen LogP contribution in [0, 0.1) is 0 Å². The van der Waals surface area contributed by atoms with Crippen LogP contribution >= 0.6 is 0 Å². The summed E-state index contributed by atoms with van der Waals surface area (Å²) in [6.07, 6.45) is -2.94. The number of hydrogen-bond donors (Lipinski definition) is 2. The lowest BCUT2D eigenvalue weighted by molar-refractivity contribution is -0.117. The molecule has 0 amide bonds. The lowest BCUT2D eigenvalue weighted by atomic mass is 10.2. The highest BCUT2D eigenvalue weighted by atomic mass is 19.3. The number of benzene rings is 1. The van der Waals surface area contributed by atoms with Gasteiger partial charge in [0.05, 0.1) is 18.8 Å². The van der Waals surface area contributed by atoms with Crippen LogP contribution in [-0.4, -0.2) is 25.5 Å². The van der Waals surface area contributed by atoms with Gasteiger partial charge in [-0.15, -0.1) is 0 Å². The second kappa shape index (κ2) is 6.49.